The van der Waals surface area contributed by atoms with E-state index in [1.807, 2.05) is 18.2 Å². The van der Waals surface area contributed by atoms with Crippen LogP contribution in [0.4, 0.5) is 4.79 Å². The quantitative estimate of drug-likeness (QED) is 0.460. The summed E-state index contributed by atoms with van der Waals surface area (Å²) in [5.41, 5.74) is 5.09. The number of aliphatic hydroxyl groups excluding tert-OH is 1. The molecule has 0 spiro atoms. The smallest absolute Gasteiger partial charge is 0.318 e. The van der Waals surface area contributed by atoms with Gasteiger partial charge < -0.3 is 15.3 Å². The molecule has 0 aromatic heterocycles. The van der Waals surface area contributed by atoms with Crippen LogP contribution in [-0.4, -0.2) is 52.4 Å². The van der Waals surface area contributed by atoms with E-state index in [0.717, 1.165) is 12.8 Å². The van der Waals surface area contributed by atoms with Gasteiger partial charge in [0, 0.05) is 13.1 Å². The Morgan fingerprint density at radius 2 is 1.59 bits per heavy atom. The zero-order chi connectivity index (χ0) is 20.8. The van der Waals surface area contributed by atoms with Crippen LogP contribution in [0, 0.1) is 0 Å². The third kappa shape index (κ3) is 5.13. The van der Waals surface area contributed by atoms with Gasteiger partial charge in [-0.2, -0.15) is 0 Å². The van der Waals surface area contributed by atoms with E-state index in [-0.39, 0.29) is 0 Å². The van der Waals surface area contributed by atoms with Crippen molar-refractivity contribution in [1.29, 1.82) is 0 Å². The van der Waals surface area contributed by atoms with E-state index in [0.29, 0.717) is 19.0 Å². The fourth-order valence-electron chi connectivity index (χ4n) is 3.69. The van der Waals surface area contributed by atoms with Crippen molar-refractivity contribution in [3.63, 3.8) is 0 Å². The van der Waals surface area contributed by atoms with Crippen molar-refractivity contribution >= 4 is 11.9 Å². The van der Waals surface area contributed by atoms with E-state index in [4.69, 9.17) is 5.21 Å². The Bertz CT molecular complexity index is 816. The van der Waals surface area contributed by atoms with Gasteiger partial charge in [0.05, 0.1) is 6.10 Å². The number of urea groups is 1. The molecule has 2 aromatic rings. The lowest BCUT2D eigenvalue weighted by Crippen LogP contribution is -2.56. The molecule has 1 aliphatic rings. The summed E-state index contributed by atoms with van der Waals surface area (Å²) in [6.07, 6.45) is 0.527. The van der Waals surface area contributed by atoms with Gasteiger partial charge in [-0.3, -0.25) is 10.0 Å². The molecule has 1 aliphatic heterocycles. The predicted molar refractivity (Wildman–Crippen MR) is 109 cm³/mol. The van der Waals surface area contributed by atoms with Crippen molar-refractivity contribution in [1.82, 2.24) is 15.7 Å². The van der Waals surface area contributed by atoms with Crippen molar-refractivity contribution in [3.05, 3.63) is 60.2 Å². The average Bonchev–Trinajstić information content (AvgIpc) is 2.77. The highest BCUT2D eigenvalue weighted by Gasteiger charge is 2.29. The average molecular weight is 397 g/mol. The summed E-state index contributed by atoms with van der Waals surface area (Å²) in [5.74, 6) is -0.473. The maximum absolute atomic E-state index is 12.4. The molecule has 0 aliphatic carbocycles. The zero-order valence-electron chi connectivity index (χ0n) is 16.4. The lowest BCUT2D eigenvalue weighted by atomic mass is 9.88. The largest absolute Gasteiger partial charge is 0.391 e. The number of nitrogens with one attached hydrogen (secondary N) is 2. The SMILES string of the molecule is C[C@@H](O)[C@@H](NC(=O)N1CCC(c2ccc(-c3ccccc3)cc2)CC1)C(=O)NO. The Balaban J connectivity index is 1.56. The van der Waals surface area contributed by atoms with Gasteiger partial charge >= 0.3 is 6.03 Å². The number of carbonyl (C=O) groups excluding carboxylic acids is 2. The van der Waals surface area contributed by atoms with Crippen LogP contribution in [0.2, 0.25) is 0 Å². The first-order valence-electron chi connectivity index (χ1n) is 9.82. The van der Waals surface area contributed by atoms with Crippen LogP contribution in [-0.2, 0) is 4.79 Å². The maximum Gasteiger partial charge on any atom is 0.318 e. The molecular weight excluding hydrogens is 370 g/mol. The molecule has 1 heterocycles. The fourth-order valence-corrected chi connectivity index (χ4v) is 3.69. The highest BCUT2D eigenvalue weighted by molar-refractivity contribution is 5.86. The molecule has 0 unspecified atom stereocenters. The van der Waals surface area contributed by atoms with Crippen LogP contribution >= 0.6 is 0 Å². The Hall–Kier alpha value is -2.90. The number of rotatable bonds is 5. The third-order valence-electron chi connectivity index (χ3n) is 5.43. The molecule has 7 nitrogen and oxygen atoms in total. The van der Waals surface area contributed by atoms with Crippen molar-refractivity contribution in [2.75, 3.05) is 13.1 Å². The summed E-state index contributed by atoms with van der Waals surface area (Å²) in [6.45, 7) is 2.50. The maximum atomic E-state index is 12.4. The number of likely N-dealkylation sites (tertiary alicyclic amines) is 1. The van der Waals surface area contributed by atoms with E-state index in [9.17, 15) is 14.7 Å². The second kappa shape index (κ2) is 9.54. The molecule has 2 atom stereocenters. The summed E-state index contributed by atoms with van der Waals surface area (Å²) in [4.78, 5) is 25.6. The molecule has 7 heteroatoms. The van der Waals surface area contributed by atoms with Crippen LogP contribution in [0.5, 0.6) is 0 Å². The number of hydroxylamine groups is 1. The lowest BCUT2D eigenvalue weighted by molar-refractivity contribution is -0.133. The van der Waals surface area contributed by atoms with Crippen LogP contribution in [0.3, 0.4) is 0 Å². The van der Waals surface area contributed by atoms with E-state index in [2.05, 4.69) is 41.7 Å². The summed E-state index contributed by atoms with van der Waals surface area (Å²) in [6, 6.07) is 17.2. The Morgan fingerprint density at radius 1 is 1.00 bits per heavy atom. The Kier molecular flexibility index (Phi) is 6.85. The molecule has 3 amide bonds. The first-order valence-corrected chi connectivity index (χ1v) is 9.82. The minimum Gasteiger partial charge on any atom is -0.391 e. The second-order valence-electron chi connectivity index (χ2n) is 7.39. The van der Waals surface area contributed by atoms with E-state index in [1.165, 1.54) is 29.1 Å². The first kappa shape index (κ1) is 20.8. The monoisotopic (exact) mass is 397 g/mol. The van der Waals surface area contributed by atoms with Crippen molar-refractivity contribution in [2.45, 2.75) is 37.8 Å². The zero-order valence-corrected chi connectivity index (χ0v) is 16.4. The van der Waals surface area contributed by atoms with Gasteiger partial charge in [-0.1, -0.05) is 54.6 Å². The van der Waals surface area contributed by atoms with Gasteiger partial charge in [0.1, 0.15) is 6.04 Å². The van der Waals surface area contributed by atoms with Gasteiger partial charge in [0.15, 0.2) is 0 Å². The molecule has 0 bridgehead atoms. The minimum absolute atomic E-state index is 0.372. The highest BCUT2D eigenvalue weighted by atomic mass is 16.5. The van der Waals surface area contributed by atoms with Crippen molar-refractivity contribution in [3.8, 4) is 11.1 Å². The molecule has 1 fully saturated rings. The summed E-state index contributed by atoms with van der Waals surface area (Å²) >= 11 is 0. The number of hydrogen-bond donors (Lipinski definition) is 4. The number of benzene rings is 2. The first-order chi connectivity index (χ1) is 14.0. The topological polar surface area (TPSA) is 102 Å². The number of hydrogen-bond acceptors (Lipinski definition) is 4. The van der Waals surface area contributed by atoms with Crippen molar-refractivity contribution in [2.24, 2.45) is 0 Å². The summed E-state index contributed by atoms with van der Waals surface area (Å²) in [7, 11) is 0. The van der Waals surface area contributed by atoms with Crippen molar-refractivity contribution < 1.29 is 19.9 Å². The molecule has 29 heavy (non-hydrogen) atoms. The number of nitrogens with zero attached hydrogens (tertiary/aromatic N) is 1. The van der Waals surface area contributed by atoms with Gasteiger partial charge in [-0.15, -0.1) is 0 Å². The molecule has 3 rings (SSSR count). The molecule has 0 saturated carbocycles. The van der Waals surface area contributed by atoms with Crippen LogP contribution in [0.15, 0.2) is 54.6 Å². The van der Waals surface area contributed by atoms with E-state index in [1.54, 1.807) is 4.90 Å². The van der Waals surface area contributed by atoms with Gasteiger partial charge in [-0.25, -0.2) is 10.3 Å². The minimum atomic E-state index is -1.20. The summed E-state index contributed by atoms with van der Waals surface area (Å²) in [5, 5.41) is 20.9. The van der Waals surface area contributed by atoms with E-state index >= 15 is 0 Å². The molecule has 1 saturated heterocycles. The number of piperidine rings is 1. The van der Waals surface area contributed by atoms with Gasteiger partial charge in [0.2, 0.25) is 0 Å². The second-order valence-corrected chi connectivity index (χ2v) is 7.39. The molecule has 4 N–H and O–H groups in total. The Labute approximate surface area is 170 Å². The van der Waals surface area contributed by atoms with Gasteiger partial charge in [-0.05, 0) is 42.4 Å². The van der Waals surface area contributed by atoms with Gasteiger partial charge in [0.25, 0.3) is 5.91 Å². The van der Waals surface area contributed by atoms with Crippen LogP contribution < -0.4 is 10.8 Å². The molecular formula is C22H27N3O4. The Morgan fingerprint density at radius 3 is 2.14 bits per heavy atom. The third-order valence-corrected chi connectivity index (χ3v) is 5.43. The van der Waals surface area contributed by atoms with Crippen LogP contribution in [0.1, 0.15) is 31.2 Å². The van der Waals surface area contributed by atoms with E-state index < -0.39 is 24.1 Å². The lowest BCUT2D eigenvalue weighted by Gasteiger charge is -2.33. The standard InChI is InChI=1S/C22H27N3O4/c1-15(26)20(21(27)24-29)23-22(28)25-13-11-19(12-14-25)18-9-7-17(8-10-18)16-5-3-2-4-6-16/h2-10,15,19-20,26,29H,11-14H2,1H3,(H,23,28)(H,24,27)/t15-,20-/m1/s1. The number of amides is 3. The fraction of sp³-hybridized carbons (Fsp3) is 0.364. The molecule has 154 valence electrons. The highest BCUT2D eigenvalue weighted by Crippen LogP contribution is 2.30. The summed E-state index contributed by atoms with van der Waals surface area (Å²) < 4.78 is 0. The molecule has 0 radical (unpaired) electrons. The normalized spacial score (nSPS) is 16.7. The molecule has 2 aromatic carbocycles. The van der Waals surface area contributed by atoms with Crippen LogP contribution in [0.25, 0.3) is 11.1 Å². The predicted octanol–water partition coefficient (Wildman–Crippen LogP) is 2.50. The number of carbonyl (C=O) groups is 2. The number of aliphatic hydroxyl groups is 1.